The van der Waals surface area contributed by atoms with Gasteiger partial charge in [0, 0.05) is 18.5 Å². The minimum Gasteiger partial charge on any atom is -0.299 e. The van der Waals surface area contributed by atoms with E-state index < -0.39 is 0 Å². The Balaban J connectivity index is 2.10. The molecule has 20 heavy (non-hydrogen) atoms. The summed E-state index contributed by atoms with van der Waals surface area (Å²) in [5, 5.41) is 0. The van der Waals surface area contributed by atoms with Crippen LogP contribution in [0.15, 0.2) is 48.7 Å². The predicted octanol–water partition coefficient (Wildman–Crippen LogP) is 3.20. The highest BCUT2D eigenvalue weighted by atomic mass is 16.1. The van der Waals surface area contributed by atoms with Gasteiger partial charge in [-0.1, -0.05) is 43.3 Å². The predicted molar refractivity (Wildman–Crippen MR) is 77.8 cm³/mol. The van der Waals surface area contributed by atoms with E-state index in [2.05, 4.69) is 4.98 Å². The quantitative estimate of drug-likeness (QED) is 0.781. The summed E-state index contributed by atoms with van der Waals surface area (Å²) in [6, 6.07) is 13.1. The average molecular weight is 267 g/mol. The smallest absolute Gasteiger partial charge is 0.185 e. The molecule has 2 aromatic rings. The number of nitrogens with zero attached hydrogens (tertiary/aromatic N) is 1. The van der Waals surface area contributed by atoms with Gasteiger partial charge in [0.2, 0.25) is 0 Å². The van der Waals surface area contributed by atoms with Crippen LogP contribution < -0.4 is 0 Å². The summed E-state index contributed by atoms with van der Waals surface area (Å²) in [6.07, 6.45) is 1.96. The van der Waals surface area contributed by atoms with E-state index in [1.165, 1.54) is 0 Å². The zero-order valence-electron chi connectivity index (χ0n) is 11.7. The molecule has 1 aromatic carbocycles. The van der Waals surface area contributed by atoms with Crippen LogP contribution in [0, 0.1) is 0 Å². The Morgan fingerprint density at radius 3 is 2.35 bits per heavy atom. The summed E-state index contributed by atoms with van der Waals surface area (Å²) in [6.45, 7) is 3.39. The van der Waals surface area contributed by atoms with E-state index in [9.17, 15) is 9.59 Å². The highest BCUT2D eigenvalue weighted by Crippen LogP contribution is 2.15. The van der Waals surface area contributed by atoms with E-state index >= 15 is 0 Å². The normalized spacial score (nSPS) is 11.9. The molecule has 0 N–H and O–H groups in total. The molecule has 102 valence electrons. The number of aromatic nitrogens is 1. The van der Waals surface area contributed by atoms with Gasteiger partial charge in [0.05, 0.1) is 0 Å². The fourth-order valence-corrected chi connectivity index (χ4v) is 1.93. The second-order valence-corrected chi connectivity index (χ2v) is 4.89. The molecule has 0 amide bonds. The fraction of sp³-hybridized carbons (Fsp3) is 0.235. The molecule has 3 nitrogen and oxygen atoms in total. The Bertz CT molecular complexity index is 603. The van der Waals surface area contributed by atoms with Crippen molar-refractivity contribution in [3.63, 3.8) is 0 Å². The summed E-state index contributed by atoms with van der Waals surface area (Å²) < 4.78 is 0. The molecule has 0 aliphatic rings. The maximum absolute atomic E-state index is 12.1. The summed E-state index contributed by atoms with van der Waals surface area (Å²) >= 11 is 0. The van der Waals surface area contributed by atoms with Gasteiger partial charge in [-0.15, -0.1) is 0 Å². The van der Waals surface area contributed by atoms with Crippen molar-refractivity contribution in [2.45, 2.75) is 26.2 Å². The largest absolute Gasteiger partial charge is 0.299 e. The summed E-state index contributed by atoms with van der Waals surface area (Å²) in [5.41, 5.74) is 2.25. The van der Waals surface area contributed by atoms with Gasteiger partial charge in [0.1, 0.15) is 11.5 Å². The van der Waals surface area contributed by atoms with E-state index in [0.717, 1.165) is 11.1 Å². The number of hydrogen-bond acceptors (Lipinski definition) is 3. The Hall–Kier alpha value is -2.29. The van der Waals surface area contributed by atoms with Gasteiger partial charge in [-0.3, -0.25) is 14.6 Å². The second-order valence-electron chi connectivity index (χ2n) is 4.89. The number of carbonyl (C=O) groups is 2. The minimum atomic E-state index is -0.180. The maximum Gasteiger partial charge on any atom is 0.185 e. The summed E-state index contributed by atoms with van der Waals surface area (Å²) in [7, 11) is 0. The number of hydrogen-bond donors (Lipinski definition) is 0. The first-order chi connectivity index (χ1) is 9.58. The third-order valence-corrected chi connectivity index (χ3v) is 3.39. The maximum atomic E-state index is 12.1. The van der Waals surface area contributed by atoms with Gasteiger partial charge < -0.3 is 0 Å². The highest BCUT2D eigenvalue weighted by Gasteiger charge is 2.13. The first kappa shape index (κ1) is 14.1. The second kappa shape index (κ2) is 6.24. The molecule has 1 heterocycles. The fourth-order valence-electron chi connectivity index (χ4n) is 1.93. The van der Waals surface area contributed by atoms with Gasteiger partial charge in [0.25, 0.3) is 0 Å². The van der Waals surface area contributed by atoms with Gasteiger partial charge in [-0.05, 0) is 24.1 Å². The SMILES string of the molecule is CC(=O)C(C)c1ccc(C(=O)Cc2ccccc2)nc1. The van der Waals surface area contributed by atoms with Crippen molar-refractivity contribution >= 4 is 11.6 Å². The lowest BCUT2D eigenvalue weighted by Gasteiger charge is -2.08. The molecule has 0 aliphatic heterocycles. The number of ketones is 2. The van der Waals surface area contributed by atoms with Crippen LogP contribution in [0.25, 0.3) is 0 Å². The molecule has 3 heteroatoms. The lowest BCUT2D eigenvalue weighted by molar-refractivity contribution is -0.118. The van der Waals surface area contributed by atoms with Crippen molar-refractivity contribution in [1.29, 1.82) is 0 Å². The standard InChI is InChI=1S/C17H17NO2/c1-12(13(2)19)15-8-9-16(18-11-15)17(20)10-14-6-4-3-5-7-14/h3-9,11-12H,10H2,1-2H3. The third kappa shape index (κ3) is 3.38. The molecule has 0 bridgehead atoms. The minimum absolute atomic E-state index is 0.0155. The van der Waals surface area contributed by atoms with Crippen molar-refractivity contribution < 1.29 is 9.59 Å². The molecule has 1 unspecified atom stereocenters. The molecular formula is C17H17NO2. The average Bonchev–Trinajstić information content (AvgIpc) is 2.47. The summed E-state index contributed by atoms with van der Waals surface area (Å²) in [5.74, 6) is -0.103. The lowest BCUT2D eigenvalue weighted by atomic mass is 9.98. The molecule has 0 fully saturated rings. The Kier molecular flexibility index (Phi) is 4.41. The topological polar surface area (TPSA) is 47.0 Å². The van der Waals surface area contributed by atoms with Crippen molar-refractivity contribution in [1.82, 2.24) is 4.98 Å². The van der Waals surface area contributed by atoms with E-state index in [0.29, 0.717) is 12.1 Å². The molecule has 1 atom stereocenters. The van der Waals surface area contributed by atoms with Crippen LogP contribution in [0.5, 0.6) is 0 Å². The number of pyridine rings is 1. The molecule has 0 aliphatic carbocycles. The number of Topliss-reactive ketones (excluding diaryl/α,β-unsaturated/α-hetero) is 2. The van der Waals surface area contributed by atoms with Crippen LogP contribution in [0.3, 0.4) is 0 Å². The van der Waals surface area contributed by atoms with E-state index in [1.54, 1.807) is 25.3 Å². The van der Waals surface area contributed by atoms with Crippen LogP contribution in [-0.4, -0.2) is 16.6 Å². The van der Waals surface area contributed by atoms with E-state index in [1.807, 2.05) is 37.3 Å². The van der Waals surface area contributed by atoms with Crippen LogP contribution in [0.1, 0.15) is 41.4 Å². The van der Waals surface area contributed by atoms with Crippen LogP contribution in [-0.2, 0) is 11.2 Å². The van der Waals surface area contributed by atoms with Crippen molar-refractivity contribution in [3.05, 3.63) is 65.5 Å². The van der Waals surface area contributed by atoms with E-state index in [4.69, 9.17) is 0 Å². The summed E-state index contributed by atoms with van der Waals surface area (Å²) in [4.78, 5) is 27.6. The van der Waals surface area contributed by atoms with E-state index in [-0.39, 0.29) is 17.5 Å². The van der Waals surface area contributed by atoms with Gasteiger partial charge >= 0.3 is 0 Å². The third-order valence-electron chi connectivity index (χ3n) is 3.39. The molecule has 0 radical (unpaired) electrons. The molecule has 0 saturated heterocycles. The van der Waals surface area contributed by atoms with Crippen LogP contribution in [0.2, 0.25) is 0 Å². The Labute approximate surface area is 118 Å². The zero-order chi connectivity index (χ0) is 14.5. The molecule has 2 rings (SSSR count). The zero-order valence-corrected chi connectivity index (χ0v) is 11.7. The van der Waals surface area contributed by atoms with Crippen LogP contribution >= 0.6 is 0 Å². The monoisotopic (exact) mass is 267 g/mol. The highest BCUT2D eigenvalue weighted by molar-refractivity contribution is 5.95. The van der Waals surface area contributed by atoms with Gasteiger partial charge in [-0.25, -0.2) is 0 Å². The first-order valence-corrected chi connectivity index (χ1v) is 6.61. The number of rotatable bonds is 5. The Morgan fingerprint density at radius 2 is 1.80 bits per heavy atom. The lowest BCUT2D eigenvalue weighted by Crippen LogP contribution is -2.08. The molecule has 0 saturated carbocycles. The molecular weight excluding hydrogens is 250 g/mol. The van der Waals surface area contributed by atoms with Crippen LogP contribution in [0.4, 0.5) is 0 Å². The first-order valence-electron chi connectivity index (χ1n) is 6.61. The molecule has 0 spiro atoms. The van der Waals surface area contributed by atoms with Gasteiger partial charge in [-0.2, -0.15) is 0 Å². The number of benzene rings is 1. The molecule has 1 aromatic heterocycles. The van der Waals surface area contributed by atoms with Gasteiger partial charge in [0.15, 0.2) is 5.78 Å². The van der Waals surface area contributed by atoms with Crippen molar-refractivity contribution in [3.8, 4) is 0 Å². The Morgan fingerprint density at radius 1 is 1.10 bits per heavy atom. The number of carbonyl (C=O) groups excluding carboxylic acids is 2. The van der Waals surface area contributed by atoms with Crippen molar-refractivity contribution in [2.24, 2.45) is 0 Å². The van der Waals surface area contributed by atoms with Crippen molar-refractivity contribution in [2.75, 3.05) is 0 Å².